The van der Waals surface area contributed by atoms with Crippen LogP contribution in [0, 0.1) is 17.8 Å². The van der Waals surface area contributed by atoms with Gasteiger partial charge in [0.25, 0.3) is 15.9 Å². The van der Waals surface area contributed by atoms with Crippen LogP contribution in [0.3, 0.4) is 0 Å². The zero-order valence-corrected chi connectivity index (χ0v) is 22.4. The largest absolute Gasteiger partial charge is 0.511 e. The molecule has 2 aliphatic heterocycles. The van der Waals surface area contributed by atoms with E-state index in [-0.39, 0.29) is 57.1 Å². The molecule has 1 aromatic carbocycles. The van der Waals surface area contributed by atoms with Gasteiger partial charge in [-0.3, -0.25) is 4.79 Å². The number of amidine groups is 1. The maximum atomic E-state index is 13.9. The highest BCUT2D eigenvalue weighted by Gasteiger charge is 2.57. The fourth-order valence-electron chi connectivity index (χ4n) is 6.32. The fraction of sp³-hybridized carbons (Fsp3) is 0.417. The van der Waals surface area contributed by atoms with E-state index in [4.69, 9.17) is 0 Å². The molecule has 4 atom stereocenters. The number of amides is 1. The minimum atomic E-state index is -4.27. The molecule has 6 rings (SSSR count). The van der Waals surface area contributed by atoms with Crippen molar-refractivity contribution in [1.29, 1.82) is 0 Å². The number of carbonyl (C=O) groups excluding carboxylic acids is 1. The first-order chi connectivity index (χ1) is 17.5. The summed E-state index contributed by atoms with van der Waals surface area (Å²) in [4.78, 5) is 15.6. The number of aliphatic hydroxyl groups is 1. The number of fused-ring (bicyclic) bond motifs is 6. The van der Waals surface area contributed by atoms with Crippen molar-refractivity contribution in [2.45, 2.75) is 43.3 Å². The molecule has 3 heterocycles. The summed E-state index contributed by atoms with van der Waals surface area (Å²) in [7, 11) is -7.80. The predicted molar refractivity (Wildman–Crippen MR) is 139 cm³/mol. The highest BCUT2D eigenvalue weighted by atomic mass is 32.2. The smallest absolute Gasteiger partial charge is 0.287 e. The molecule has 13 heteroatoms. The SMILES string of the molecule is CS(=O)(=O)NCc1csc2c1S(=O)(=O)N=C(C1=C(O)C3C([C@@H]4CC[C@H]3C4)N(Cc3ccccc3)C1=O)N2. The van der Waals surface area contributed by atoms with E-state index in [1.54, 1.807) is 4.90 Å². The Morgan fingerprint density at radius 3 is 2.68 bits per heavy atom. The first-order valence-electron chi connectivity index (χ1n) is 12.0. The molecule has 1 aromatic heterocycles. The molecular weight excluding hydrogens is 536 g/mol. The molecule has 2 unspecified atom stereocenters. The van der Waals surface area contributed by atoms with E-state index < -0.39 is 26.0 Å². The van der Waals surface area contributed by atoms with E-state index in [2.05, 4.69) is 14.4 Å². The minimum Gasteiger partial charge on any atom is -0.511 e. The van der Waals surface area contributed by atoms with Crippen LogP contribution < -0.4 is 10.0 Å². The second-order valence-corrected chi connectivity index (χ2v) is 14.3. The van der Waals surface area contributed by atoms with Crippen LogP contribution in [0.1, 0.15) is 30.4 Å². The van der Waals surface area contributed by atoms with Crippen molar-refractivity contribution >= 4 is 48.1 Å². The molecule has 2 aromatic rings. The summed E-state index contributed by atoms with van der Waals surface area (Å²) >= 11 is 1.07. The number of rotatable bonds is 6. The molecule has 10 nitrogen and oxygen atoms in total. The van der Waals surface area contributed by atoms with Gasteiger partial charge < -0.3 is 15.3 Å². The topological polar surface area (TPSA) is 145 Å². The highest BCUT2D eigenvalue weighted by Crippen LogP contribution is 2.55. The van der Waals surface area contributed by atoms with Crippen LogP contribution in [0.25, 0.3) is 0 Å². The summed E-state index contributed by atoms with van der Waals surface area (Å²) in [5.74, 6) is -0.476. The van der Waals surface area contributed by atoms with Gasteiger partial charge in [-0.1, -0.05) is 30.3 Å². The average molecular weight is 563 g/mol. The molecule has 2 saturated carbocycles. The Balaban J connectivity index is 1.39. The number of anilines is 1. The van der Waals surface area contributed by atoms with Crippen molar-refractivity contribution in [2.24, 2.45) is 22.2 Å². The van der Waals surface area contributed by atoms with Crippen LogP contribution in [-0.2, 0) is 37.9 Å². The maximum absolute atomic E-state index is 13.9. The number of carbonyl (C=O) groups is 1. The molecule has 0 spiro atoms. The van der Waals surface area contributed by atoms with Gasteiger partial charge in [0.1, 0.15) is 21.2 Å². The van der Waals surface area contributed by atoms with Crippen LogP contribution in [0.15, 0.2) is 56.3 Å². The number of hydrogen-bond donors (Lipinski definition) is 3. The summed E-state index contributed by atoms with van der Waals surface area (Å²) in [6, 6.07) is 9.47. The summed E-state index contributed by atoms with van der Waals surface area (Å²) in [5, 5.41) is 16.1. The standard InChI is InChI=1S/C24H26N4O6S3/c1-36(31,32)25-10-16-12-35-23-21(16)37(33,34)27-22(26-23)18-20(29)17-14-7-8-15(9-14)19(17)28(24(18)30)11-13-5-3-2-4-6-13/h2-6,12,14-15,17,19,25,29H,7-11H2,1H3,(H,26,27)/t14-,15+,17?,19?/m0/s1. The first kappa shape index (κ1) is 24.6. The van der Waals surface area contributed by atoms with Gasteiger partial charge in [-0.2, -0.15) is 8.42 Å². The molecule has 37 heavy (non-hydrogen) atoms. The molecule has 0 radical (unpaired) electrons. The summed E-state index contributed by atoms with van der Waals surface area (Å²) in [6.45, 7) is 0.146. The molecule has 0 saturated heterocycles. The molecule has 2 aliphatic carbocycles. The van der Waals surface area contributed by atoms with E-state index in [0.29, 0.717) is 12.5 Å². The second kappa shape index (κ2) is 8.65. The molecule has 3 N–H and O–H groups in total. The van der Waals surface area contributed by atoms with Gasteiger partial charge in [-0.25, -0.2) is 13.1 Å². The third-order valence-electron chi connectivity index (χ3n) is 7.75. The van der Waals surface area contributed by atoms with Gasteiger partial charge in [0.05, 0.1) is 6.26 Å². The zero-order chi connectivity index (χ0) is 26.1. The maximum Gasteiger partial charge on any atom is 0.287 e. The lowest BCUT2D eigenvalue weighted by molar-refractivity contribution is -0.134. The van der Waals surface area contributed by atoms with Crippen molar-refractivity contribution in [3.63, 3.8) is 0 Å². The lowest BCUT2D eigenvalue weighted by atomic mass is 9.77. The third kappa shape index (κ3) is 4.17. The van der Waals surface area contributed by atoms with Crippen molar-refractivity contribution in [2.75, 3.05) is 11.6 Å². The lowest BCUT2D eigenvalue weighted by Crippen LogP contribution is -2.53. The molecule has 1 amide bonds. The quantitative estimate of drug-likeness (QED) is 0.491. The van der Waals surface area contributed by atoms with Crippen LogP contribution >= 0.6 is 11.3 Å². The minimum absolute atomic E-state index is 0.0908. The summed E-state index contributed by atoms with van der Waals surface area (Å²) < 4.78 is 55.7. The Labute approximate surface area is 219 Å². The van der Waals surface area contributed by atoms with Crippen molar-refractivity contribution in [3.05, 3.63) is 58.2 Å². The molecule has 196 valence electrons. The van der Waals surface area contributed by atoms with Gasteiger partial charge in [-0.05, 0) is 42.0 Å². The summed E-state index contributed by atoms with van der Waals surface area (Å²) in [6.07, 6.45) is 3.88. The van der Waals surface area contributed by atoms with Gasteiger partial charge in [0, 0.05) is 30.6 Å². The van der Waals surface area contributed by atoms with E-state index in [0.717, 1.165) is 42.4 Å². The zero-order valence-electron chi connectivity index (χ0n) is 19.9. The average Bonchev–Trinajstić information content (AvgIpc) is 3.55. The number of nitrogens with one attached hydrogen (secondary N) is 2. The van der Waals surface area contributed by atoms with Crippen molar-refractivity contribution in [1.82, 2.24) is 9.62 Å². The first-order valence-corrected chi connectivity index (χ1v) is 16.2. The number of thiophene rings is 1. The van der Waals surface area contributed by atoms with Gasteiger partial charge in [0.15, 0.2) is 5.84 Å². The van der Waals surface area contributed by atoms with E-state index in [1.165, 1.54) is 5.38 Å². The van der Waals surface area contributed by atoms with Crippen LogP contribution in [0.2, 0.25) is 0 Å². The van der Waals surface area contributed by atoms with Gasteiger partial charge in [0.2, 0.25) is 10.0 Å². The Bertz CT molecular complexity index is 1560. The predicted octanol–water partition coefficient (Wildman–Crippen LogP) is 2.58. The van der Waals surface area contributed by atoms with Crippen molar-refractivity contribution < 1.29 is 26.7 Å². The van der Waals surface area contributed by atoms with E-state index in [1.807, 2.05) is 30.3 Å². The number of aliphatic hydroxyl groups excluding tert-OH is 1. The fourth-order valence-corrected chi connectivity index (χ4v) is 9.34. The van der Waals surface area contributed by atoms with Gasteiger partial charge >= 0.3 is 0 Å². The second-order valence-electron chi connectivity index (χ2n) is 10.1. The Morgan fingerprint density at radius 2 is 1.95 bits per heavy atom. The third-order valence-corrected chi connectivity index (χ3v) is 10.9. The van der Waals surface area contributed by atoms with Crippen LogP contribution in [0.5, 0.6) is 0 Å². The van der Waals surface area contributed by atoms with E-state index >= 15 is 0 Å². The molecule has 2 bridgehead atoms. The normalized spacial score (nSPS) is 28.1. The Hall–Kier alpha value is -2.74. The number of sulfonamides is 2. The monoisotopic (exact) mass is 562 g/mol. The molecular formula is C24H26N4O6S3. The molecule has 2 fully saturated rings. The number of benzene rings is 1. The Morgan fingerprint density at radius 1 is 1.22 bits per heavy atom. The Kier molecular flexibility index (Phi) is 5.75. The highest BCUT2D eigenvalue weighted by molar-refractivity contribution is 7.91. The van der Waals surface area contributed by atoms with E-state index in [9.17, 15) is 26.7 Å². The van der Waals surface area contributed by atoms with Crippen molar-refractivity contribution in [3.8, 4) is 0 Å². The molecule has 4 aliphatic rings. The summed E-state index contributed by atoms with van der Waals surface area (Å²) in [5.41, 5.74) is 1.10. The number of nitrogens with zero attached hydrogens (tertiary/aromatic N) is 2. The van der Waals surface area contributed by atoms with Gasteiger partial charge in [-0.15, -0.1) is 15.7 Å². The van der Waals surface area contributed by atoms with Crippen LogP contribution in [0.4, 0.5) is 5.00 Å². The lowest BCUT2D eigenvalue weighted by Gasteiger charge is -2.44. The van der Waals surface area contributed by atoms with Crippen LogP contribution in [-0.4, -0.2) is 50.9 Å². The number of hydrogen-bond acceptors (Lipinski definition) is 8.